The zero-order valence-corrected chi connectivity index (χ0v) is 52.4. The van der Waals surface area contributed by atoms with E-state index in [0.717, 1.165) is 70.6 Å². The number of rotatable bonds is 61. The van der Waals surface area contributed by atoms with Gasteiger partial charge in [0.15, 0.2) is 0 Å². The van der Waals surface area contributed by atoms with E-state index in [-0.39, 0.29) is 31.5 Å². The maximum Gasteiger partial charge on any atom is 0.306 e. The van der Waals surface area contributed by atoms with E-state index in [1.54, 1.807) is 0 Å². The van der Waals surface area contributed by atoms with Crippen molar-refractivity contribution in [1.29, 1.82) is 0 Å². The van der Waals surface area contributed by atoms with Gasteiger partial charge in [-0.1, -0.05) is 289 Å². The Morgan fingerprint density at radius 3 is 1.13 bits per heavy atom. The SMILES string of the molecule is CCCCCCCCC/C=C\CCCCCC(=O)NC(COP(=O)([O-])OCC[N+](C)(C)C)C(/C=C\CCCCCCCCCCC)OC(=O)CCCCCCCCCCCCCCCCCCCCCCCCCCC. The number of phosphoric ester groups is 1. The van der Waals surface area contributed by atoms with Crippen molar-refractivity contribution < 1.29 is 37.3 Å². The second-order valence-electron chi connectivity index (χ2n) is 24.0. The predicted octanol–water partition coefficient (Wildman–Crippen LogP) is 19.9. The third kappa shape index (κ3) is 57.2. The Kier molecular flexibility index (Phi) is 55.6. The van der Waals surface area contributed by atoms with Crippen molar-refractivity contribution in [1.82, 2.24) is 5.32 Å². The van der Waals surface area contributed by atoms with E-state index in [0.29, 0.717) is 17.4 Å². The topological polar surface area (TPSA) is 114 Å². The van der Waals surface area contributed by atoms with Crippen molar-refractivity contribution in [3.05, 3.63) is 24.3 Å². The van der Waals surface area contributed by atoms with Gasteiger partial charge in [0.2, 0.25) is 5.91 Å². The molecule has 1 amide bonds. The fourth-order valence-corrected chi connectivity index (χ4v) is 10.7. The van der Waals surface area contributed by atoms with Gasteiger partial charge in [-0.15, -0.1) is 0 Å². The van der Waals surface area contributed by atoms with E-state index in [1.807, 2.05) is 33.3 Å². The van der Waals surface area contributed by atoms with E-state index in [1.165, 1.54) is 231 Å². The molecule has 0 radical (unpaired) electrons. The van der Waals surface area contributed by atoms with Crippen molar-refractivity contribution in [2.75, 3.05) is 40.9 Å². The molecule has 9 nitrogen and oxygen atoms in total. The van der Waals surface area contributed by atoms with Crippen LogP contribution in [0.4, 0.5) is 0 Å². The number of nitrogens with one attached hydrogen (secondary N) is 1. The number of likely N-dealkylation sites (N-methyl/N-ethyl adjacent to an activating group) is 1. The number of hydrogen-bond acceptors (Lipinski definition) is 7. The number of amides is 1. The third-order valence-corrected chi connectivity index (χ3v) is 16.1. The fraction of sp³-hybridized carbons (Fsp3) is 0.909. The zero-order valence-electron chi connectivity index (χ0n) is 51.5. The largest absolute Gasteiger partial charge is 0.756 e. The van der Waals surface area contributed by atoms with Crippen LogP contribution in [0.2, 0.25) is 0 Å². The third-order valence-electron chi connectivity index (χ3n) is 15.1. The molecule has 0 aromatic heterocycles. The van der Waals surface area contributed by atoms with Crippen molar-refractivity contribution >= 4 is 19.7 Å². The highest BCUT2D eigenvalue weighted by molar-refractivity contribution is 7.45. The molecule has 0 fully saturated rings. The lowest BCUT2D eigenvalue weighted by Crippen LogP contribution is -2.47. The molecule has 76 heavy (non-hydrogen) atoms. The Labute approximate surface area is 473 Å². The van der Waals surface area contributed by atoms with Crippen LogP contribution in [0.15, 0.2) is 24.3 Å². The van der Waals surface area contributed by atoms with Gasteiger partial charge in [0.25, 0.3) is 7.82 Å². The van der Waals surface area contributed by atoms with Gasteiger partial charge in [-0.2, -0.15) is 0 Å². The first-order valence-corrected chi connectivity index (χ1v) is 34.6. The number of allylic oxidation sites excluding steroid dienone is 3. The van der Waals surface area contributed by atoms with E-state index in [4.69, 9.17) is 13.8 Å². The number of esters is 1. The summed E-state index contributed by atoms with van der Waals surface area (Å²) in [5.41, 5.74) is 0. The number of quaternary nitrogens is 1. The molecule has 0 spiro atoms. The second kappa shape index (κ2) is 56.8. The van der Waals surface area contributed by atoms with Crippen LogP contribution < -0.4 is 10.2 Å². The van der Waals surface area contributed by atoms with Crippen LogP contribution >= 0.6 is 7.82 Å². The van der Waals surface area contributed by atoms with E-state index in [2.05, 4.69) is 38.2 Å². The standard InChI is InChI=1S/C66H129N2O7P/c1-7-10-13-16-19-22-25-27-29-30-31-32-33-34-35-36-37-38-39-41-44-47-50-53-56-59-66(70)75-64(57-54-51-48-45-42-24-21-18-15-12-9-3)63(62-74-76(71,72)73-61-60-68(4,5)6)67-65(69)58-55-52-49-46-43-40-28-26-23-20-17-14-11-8-2/h40,43,54,57,63-64H,7-39,41-42,44-53,55-56,58-62H2,1-6H3,(H-,67,69,71,72)/b43-40-,57-54-. The van der Waals surface area contributed by atoms with Crippen LogP contribution in [0.1, 0.15) is 335 Å². The number of unbranched alkanes of at least 4 members (excludes halogenated alkanes) is 43. The summed E-state index contributed by atoms with van der Waals surface area (Å²) in [6.07, 6.45) is 67.4. The minimum Gasteiger partial charge on any atom is -0.756 e. The highest BCUT2D eigenvalue weighted by atomic mass is 31.2. The average molecular weight is 1090 g/mol. The Bertz CT molecular complexity index is 1350. The lowest BCUT2D eigenvalue weighted by molar-refractivity contribution is -0.870. The van der Waals surface area contributed by atoms with Crippen LogP contribution in [0.25, 0.3) is 0 Å². The minimum atomic E-state index is -4.70. The molecule has 10 heteroatoms. The van der Waals surface area contributed by atoms with E-state index >= 15 is 0 Å². The Hall–Kier alpha value is -1.51. The number of ether oxygens (including phenoxy) is 1. The molecule has 0 aliphatic heterocycles. The number of carbonyl (C=O) groups excluding carboxylic acids is 2. The monoisotopic (exact) mass is 1090 g/mol. The average Bonchev–Trinajstić information content (AvgIpc) is 3.38. The number of phosphoric acid groups is 1. The van der Waals surface area contributed by atoms with Crippen LogP contribution in [-0.4, -0.2) is 69.4 Å². The molecule has 450 valence electrons. The van der Waals surface area contributed by atoms with Crippen molar-refractivity contribution in [2.45, 2.75) is 348 Å². The first kappa shape index (κ1) is 74.5. The van der Waals surface area contributed by atoms with Crippen LogP contribution in [0.5, 0.6) is 0 Å². The number of carbonyl (C=O) groups is 2. The summed E-state index contributed by atoms with van der Waals surface area (Å²) >= 11 is 0. The molecule has 0 aliphatic rings. The maximum absolute atomic E-state index is 13.5. The molecule has 0 aromatic carbocycles. The first-order chi connectivity index (χ1) is 36.9. The van der Waals surface area contributed by atoms with Gasteiger partial charge >= 0.3 is 5.97 Å². The quantitative estimate of drug-likeness (QED) is 0.0212. The van der Waals surface area contributed by atoms with Crippen molar-refractivity contribution in [3.63, 3.8) is 0 Å². The van der Waals surface area contributed by atoms with Crippen molar-refractivity contribution in [3.8, 4) is 0 Å². The van der Waals surface area contributed by atoms with Crippen LogP contribution in [0.3, 0.4) is 0 Å². The summed E-state index contributed by atoms with van der Waals surface area (Å²) < 4.78 is 30.3. The molecule has 0 aliphatic carbocycles. The van der Waals surface area contributed by atoms with Gasteiger partial charge in [-0.25, -0.2) is 0 Å². The molecule has 3 unspecified atom stereocenters. The highest BCUT2D eigenvalue weighted by Crippen LogP contribution is 2.38. The summed E-state index contributed by atoms with van der Waals surface area (Å²) in [7, 11) is 1.19. The minimum absolute atomic E-state index is 0.0215. The summed E-state index contributed by atoms with van der Waals surface area (Å²) in [5.74, 6) is -0.543. The van der Waals surface area contributed by atoms with E-state index < -0.39 is 20.0 Å². The zero-order chi connectivity index (χ0) is 55.7. The van der Waals surface area contributed by atoms with E-state index in [9.17, 15) is 19.0 Å². The number of nitrogens with zero attached hydrogens (tertiary/aromatic N) is 1. The summed E-state index contributed by atoms with van der Waals surface area (Å²) in [6, 6.07) is -0.890. The molecule has 0 saturated carbocycles. The smallest absolute Gasteiger partial charge is 0.306 e. The molecule has 0 saturated heterocycles. The molecule has 0 bridgehead atoms. The van der Waals surface area contributed by atoms with Gasteiger partial charge in [0, 0.05) is 12.8 Å². The molecule has 0 rings (SSSR count). The van der Waals surface area contributed by atoms with Gasteiger partial charge < -0.3 is 28.5 Å². The molecule has 0 aromatic rings. The van der Waals surface area contributed by atoms with Crippen LogP contribution in [0, 0.1) is 0 Å². The Morgan fingerprint density at radius 1 is 0.447 bits per heavy atom. The normalized spacial score (nSPS) is 13.7. The fourth-order valence-electron chi connectivity index (χ4n) is 9.99. The van der Waals surface area contributed by atoms with Gasteiger partial charge in [0.1, 0.15) is 19.3 Å². The molecular formula is C66H129N2O7P. The van der Waals surface area contributed by atoms with Crippen LogP contribution in [-0.2, 0) is 27.9 Å². The number of hydrogen-bond donors (Lipinski definition) is 1. The lowest BCUT2D eigenvalue weighted by Gasteiger charge is -2.30. The first-order valence-electron chi connectivity index (χ1n) is 33.1. The predicted molar refractivity (Wildman–Crippen MR) is 326 cm³/mol. The Morgan fingerprint density at radius 2 is 0.763 bits per heavy atom. The van der Waals surface area contributed by atoms with Crippen molar-refractivity contribution in [2.24, 2.45) is 0 Å². The molecule has 3 atom stereocenters. The Balaban J connectivity index is 5.01. The highest BCUT2D eigenvalue weighted by Gasteiger charge is 2.27. The van der Waals surface area contributed by atoms with Gasteiger partial charge in [0.05, 0.1) is 33.8 Å². The second-order valence-corrected chi connectivity index (χ2v) is 25.4. The molecule has 1 N–H and O–H groups in total. The summed E-state index contributed by atoms with van der Waals surface area (Å²) in [5, 5.41) is 3.02. The van der Waals surface area contributed by atoms with Gasteiger partial charge in [-0.05, 0) is 57.4 Å². The summed E-state index contributed by atoms with van der Waals surface area (Å²) in [4.78, 5) is 40.0. The summed E-state index contributed by atoms with van der Waals surface area (Å²) in [6.45, 7) is 6.87. The maximum atomic E-state index is 13.5. The molecule has 0 heterocycles. The van der Waals surface area contributed by atoms with Gasteiger partial charge in [-0.3, -0.25) is 14.2 Å². The lowest BCUT2D eigenvalue weighted by atomic mass is 10.0. The molecular weight excluding hydrogens is 964 g/mol.